The van der Waals surface area contributed by atoms with Crippen molar-refractivity contribution in [3.63, 3.8) is 0 Å². The van der Waals surface area contributed by atoms with E-state index >= 15 is 4.79 Å². The largest absolute Gasteiger partial charge is 0.508 e. The monoisotopic (exact) mass is 701 g/mol. The van der Waals surface area contributed by atoms with Crippen molar-refractivity contribution in [1.82, 2.24) is 5.01 Å². The second kappa shape index (κ2) is 12.2. The lowest BCUT2D eigenvalue weighted by atomic mass is 9.49. The van der Waals surface area contributed by atoms with Crippen molar-refractivity contribution in [2.24, 2.45) is 23.7 Å². The molecule has 6 atom stereocenters. The molecule has 0 spiro atoms. The molecule has 4 amide bonds. The zero-order valence-electron chi connectivity index (χ0n) is 27.4. The molecule has 0 bridgehead atoms. The molecule has 0 radical (unpaired) electrons. The SMILES string of the molecule is Cc1ccc(NN2C(=O)[C@@H]3C[C@@H]4C(=CC[C@@H]5C(=O)N(c6cccc(B(O)O)c6)C(=O)[C@@H]54)[C@H](c4ccc(O)cc4Cl)[C@]3(c3ccccc3)C2=O)cc1. The summed E-state index contributed by atoms with van der Waals surface area (Å²) in [5, 5.41) is 31.3. The summed E-state index contributed by atoms with van der Waals surface area (Å²) in [4.78, 5) is 59.6. The molecule has 8 rings (SSSR count). The minimum absolute atomic E-state index is 0.0713. The van der Waals surface area contributed by atoms with Crippen molar-refractivity contribution in [2.45, 2.75) is 31.1 Å². The van der Waals surface area contributed by atoms with Crippen LogP contribution in [0.25, 0.3) is 0 Å². The van der Waals surface area contributed by atoms with E-state index in [1.165, 1.54) is 24.3 Å². The van der Waals surface area contributed by atoms with Crippen LogP contribution in [-0.4, -0.2) is 50.9 Å². The lowest BCUT2D eigenvalue weighted by Crippen LogP contribution is -2.53. The number of halogens is 1. The van der Waals surface area contributed by atoms with Gasteiger partial charge in [0.1, 0.15) is 5.75 Å². The number of aryl methyl sites for hydroxylation is 1. The number of hydrogen-bond donors (Lipinski definition) is 4. The van der Waals surface area contributed by atoms with E-state index < -0.39 is 65.8 Å². The summed E-state index contributed by atoms with van der Waals surface area (Å²) < 4.78 is 0. The Hall–Kier alpha value is -5.23. The average molecular weight is 702 g/mol. The van der Waals surface area contributed by atoms with E-state index in [1.807, 2.05) is 55.5 Å². The molecule has 3 fully saturated rings. The molecule has 10 nitrogen and oxygen atoms in total. The predicted molar refractivity (Wildman–Crippen MR) is 191 cm³/mol. The fourth-order valence-corrected chi connectivity index (χ4v) is 9.20. The third-order valence-corrected chi connectivity index (χ3v) is 11.4. The van der Waals surface area contributed by atoms with Crippen molar-refractivity contribution < 1.29 is 34.3 Å². The van der Waals surface area contributed by atoms with Gasteiger partial charge in [-0.2, -0.15) is 5.01 Å². The minimum atomic E-state index is -1.80. The average Bonchev–Trinajstić information content (AvgIpc) is 3.50. The smallest absolute Gasteiger partial charge is 0.488 e. The number of carbonyl (C=O) groups is 4. The molecule has 4 aliphatic rings. The van der Waals surface area contributed by atoms with Crippen LogP contribution in [0.2, 0.25) is 5.02 Å². The maximum absolute atomic E-state index is 15.2. The van der Waals surface area contributed by atoms with E-state index in [-0.39, 0.29) is 34.8 Å². The highest BCUT2D eigenvalue weighted by Gasteiger charge is 2.70. The van der Waals surface area contributed by atoms with E-state index in [0.29, 0.717) is 16.8 Å². The van der Waals surface area contributed by atoms with Gasteiger partial charge in [-0.1, -0.05) is 89.5 Å². The van der Waals surface area contributed by atoms with E-state index in [0.717, 1.165) is 21.0 Å². The van der Waals surface area contributed by atoms with E-state index in [1.54, 1.807) is 30.3 Å². The van der Waals surface area contributed by atoms with Crippen molar-refractivity contribution in [3.8, 4) is 5.75 Å². The maximum atomic E-state index is 15.2. The Balaban J connectivity index is 1.31. The molecule has 4 aromatic carbocycles. The quantitative estimate of drug-likeness (QED) is 0.133. The normalized spacial score (nSPS) is 26.8. The third-order valence-electron chi connectivity index (χ3n) is 11.1. The number of nitrogens with zero attached hydrogens (tertiary/aromatic N) is 2. The molecular weight excluding hydrogens is 669 g/mol. The summed E-state index contributed by atoms with van der Waals surface area (Å²) in [6.07, 6.45) is 2.24. The molecule has 2 aliphatic carbocycles. The Kier molecular flexibility index (Phi) is 7.90. The number of anilines is 2. The molecule has 2 saturated heterocycles. The van der Waals surface area contributed by atoms with Crippen LogP contribution in [-0.2, 0) is 24.6 Å². The van der Waals surface area contributed by atoms with Crippen LogP contribution in [0.3, 0.4) is 0 Å². The number of amides is 4. The maximum Gasteiger partial charge on any atom is 0.488 e. The number of phenols is 1. The lowest BCUT2D eigenvalue weighted by molar-refractivity contribution is -0.138. The van der Waals surface area contributed by atoms with Crippen LogP contribution in [0.1, 0.15) is 35.4 Å². The van der Waals surface area contributed by atoms with Crippen LogP contribution in [0.5, 0.6) is 5.75 Å². The van der Waals surface area contributed by atoms with Crippen molar-refractivity contribution >= 4 is 59.2 Å². The van der Waals surface area contributed by atoms with Gasteiger partial charge >= 0.3 is 7.12 Å². The highest BCUT2D eigenvalue weighted by molar-refractivity contribution is 6.58. The van der Waals surface area contributed by atoms with Gasteiger partial charge in [0.2, 0.25) is 11.8 Å². The van der Waals surface area contributed by atoms with Gasteiger partial charge < -0.3 is 15.2 Å². The highest BCUT2D eigenvalue weighted by atomic mass is 35.5. The molecule has 4 aromatic rings. The first-order chi connectivity index (χ1) is 24.5. The summed E-state index contributed by atoms with van der Waals surface area (Å²) in [5.74, 6) is -5.91. The van der Waals surface area contributed by atoms with E-state index in [9.17, 15) is 29.5 Å². The fourth-order valence-electron chi connectivity index (χ4n) is 8.92. The Morgan fingerprint density at radius 3 is 2.29 bits per heavy atom. The van der Waals surface area contributed by atoms with Crippen molar-refractivity contribution in [2.75, 3.05) is 10.3 Å². The molecule has 0 unspecified atom stereocenters. The first-order valence-corrected chi connectivity index (χ1v) is 17.2. The Morgan fingerprint density at radius 1 is 0.843 bits per heavy atom. The van der Waals surface area contributed by atoms with Gasteiger partial charge in [0.05, 0.1) is 34.5 Å². The molecule has 1 saturated carbocycles. The summed E-state index contributed by atoms with van der Waals surface area (Å²) >= 11 is 6.92. The number of carbonyl (C=O) groups excluding carboxylic acids is 4. The molecule has 12 heteroatoms. The number of imide groups is 2. The second-order valence-electron chi connectivity index (χ2n) is 13.8. The number of aromatic hydroxyl groups is 1. The second-order valence-corrected chi connectivity index (χ2v) is 14.2. The molecule has 51 heavy (non-hydrogen) atoms. The van der Waals surface area contributed by atoms with Gasteiger partial charge in [0.25, 0.3) is 11.8 Å². The Morgan fingerprint density at radius 2 is 1.59 bits per heavy atom. The van der Waals surface area contributed by atoms with Crippen molar-refractivity contribution in [3.05, 3.63) is 130 Å². The van der Waals surface area contributed by atoms with Gasteiger partial charge in [0.15, 0.2) is 0 Å². The van der Waals surface area contributed by atoms with Crippen LogP contribution < -0.4 is 15.8 Å². The van der Waals surface area contributed by atoms with Crippen LogP contribution in [0.4, 0.5) is 11.4 Å². The first-order valence-electron chi connectivity index (χ1n) is 16.8. The van der Waals surface area contributed by atoms with E-state index in [4.69, 9.17) is 11.6 Å². The molecule has 4 N–H and O–H groups in total. The number of benzene rings is 4. The number of hydrazine groups is 1. The zero-order valence-corrected chi connectivity index (χ0v) is 28.2. The number of phenolic OH excluding ortho intramolecular Hbond substituents is 1. The summed E-state index contributed by atoms with van der Waals surface area (Å²) in [5.41, 5.74) is 5.32. The zero-order chi connectivity index (χ0) is 35.8. The first kappa shape index (κ1) is 32.9. The Bertz CT molecular complexity index is 2140. The number of hydrogen-bond acceptors (Lipinski definition) is 8. The third kappa shape index (κ3) is 4.94. The Labute approximate surface area is 299 Å². The number of allylic oxidation sites excluding steroid dienone is 2. The van der Waals surface area contributed by atoms with Gasteiger partial charge in [-0.25, -0.2) is 0 Å². The fraction of sp³-hybridized carbons (Fsp3) is 0.231. The molecule has 2 heterocycles. The number of fused-ring (bicyclic) bond motifs is 4. The van der Waals surface area contributed by atoms with Crippen LogP contribution >= 0.6 is 11.6 Å². The van der Waals surface area contributed by atoms with Gasteiger partial charge in [-0.15, -0.1) is 0 Å². The van der Waals surface area contributed by atoms with E-state index in [2.05, 4.69) is 5.43 Å². The summed E-state index contributed by atoms with van der Waals surface area (Å²) in [6, 6.07) is 27.0. The molecular formula is C39H33BClN3O7. The van der Waals surface area contributed by atoms with Crippen LogP contribution in [0, 0.1) is 30.6 Å². The topological polar surface area (TPSA) is 147 Å². The highest BCUT2D eigenvalue weighted by Crippen LogP contribution is 2.64. The van der Waals surface area contributed by atoms with Gasteiger partial charge in [0, 0.05) is 10.9 Å². The van der Waals surface area contributed by atoms with Crippen LogP contribution in [0.15, 0.2) is 109 Å². The minimum Gasteiger partial charge on any atom is -0.508 e. The molecule has 2 aliphatic heterocycles. The van der Waals surface area contributed by atoms with Gasteiger partial charge in [-0.3, -0.25) is 29.5 Å². The number of rotatable bonds is 6. The van der Waals surface area contributed by atoms with Crippen molar-refractivity contribution in [1.29, 1.82) is 0 Å². The summed E-state index contributed by atoms with van der Waals surface area (Å²) in [7, 11) is -1.80. The lowest BCUT2D eigenvalue weighted by Gasteiger charge is -2.50. The number of nitrogens with one attached hydrogen (secondary N) is 1. The summed E-state index contributed by atoms with van der Waals surface area (Å²) in [6.45, 7) is 1.94. The molecule has 0 aromatic heterocycles. The predicted octanol–water partition coefficient (Wildman–Crippen LogP) is 4.22. The van der Waals surface area contributed by atoms with Gasteiger partial charge in [-0.05, 0) is 78.7 Å². The standard InChI is InChI=1S/C39H33BClN3O7/c1-21-10-12-24(13-11-21)42-44-36(47)31-20-30-27(16-17-29-33(30)37(48)43(35(29)46)25-9-5-8-23(18-25)40(50)51)34(28-15-14-26(45)19-32(28)41)39(31,38(44)49)22-6-3-2-4-7-22/h2-16,18-19,29-31,33-34,42,45,50-51H,17,20H2,1H3/t29-,30+,31-,33-,34+,39+/m0/s1. The molecule has 256 valence electrons.